The van der Waals surface area contributed by atoms with Crippen LogP contribution in [0.15, 0.2) is 28.7 Å². The summed E-state index contributed by atoms with van der Waals surface area (Å²) in [4.78, 5) is 6.38. The van der Waals surface area contributed by atoms with Gasteiger partial charge in [0.05, 0.1) is 13.2 Å². The van der Waals surface area contributed by atoms with Crippen LogP contribution in [-0.4, -0.2) is 34.7 Å². The van der Waals surface area contributed by atoms with Crippen LogP contribution in [0.1, 0.15) is 12.8 Å². The molecule has 16 heavy (non-hydrogen) atoms. The minimum absolute atomic E-state index is 0.106. The summed E-state index contributed by atoms with van der Waals surface area (Å²) in [6, 6.07) is 7.81. The molecule has 0 fully saturated rings. The Labute approximate surface area is 94.5 Å². The number of likely N-dealkylation sites (N-methyl/N-ethyl adjacent to an activating group) is 1. The third-order valence-electron chi connectivity index (χ3n) is 2.74. The molecule has 2 aromatic rings. The van der Waals surface area contributed by atoms with E-state index in [1.807, 2.05) is 43.1 Å². The van der Waals surface area contributed by atoms with E-state index in [9.17, 15) is 0 Å². The number of aromatic nitrogens is 1. The molecule has 4 nitrogen and oxygen atoms in total. The molecule has 0 aliphatic heterocycles. The third-order valence-corrected chi connectivity index (χ3v) is 2.74. The van der Waals surface area contributed by atoms with Crippen LogP contribution in [0.2, 0.25) is 0 Å². The number of aliphatic hydroxyl groups excluding tert-OH is 1. The smallest absolute Gasteiger partial charge is 0.209 e. The number of aliphatic hydroxyl groups is 1. The van der Waals surface area contributed by atoms with Crippen LogP contribution in [0.3, 0.4) is 0 Å². The number of benzene rings is 1. The third kappa shape index (κ3) is 2.23. The molecule has 1 aromatic heterocycles. The fourth-order valence-electron chi connectivity index (χ4n) is 1.50. The van der Waals surface area contributed by atoms with Crippen molar-refractivity contribution >= 4 is 11.1 Å². The van der Waals surface area contributed by atoms with Gasteiger partial charge in [0.1, 0.15) is 5.52 Å². The monoisotopic (exact) mass is 220 g/mol. The van der Waals surface area contributed by atoms with Gasteiger partial charge in [0.15, 0.2) is 5.58 Å². The summed E-state index contributed by atoms with van der Waals surface area (Å²) < 4.78 is 5.60. The number of nitrogens with zero attached hydrogens (tertiary/aromatic N) is 2. The quantitative estimate of drug-likeness (QED) is 0.851. The Morgan fingerprint density at radius 2 is 2.19 bits per heavy atom. The van der Waals surface area contributed by atoms with Gasteiger partial charge in [0, 0.05) is 6.04 Å². The number of fused-ring (bicyclic) bond motifs is 1. The van der Waals surface area contributed by atoms with Gasteiger partial charge in [-0.3, -0.25) is 4.90 Å². The van der Waals surface area contributed by atoms with Crippen molar-refractivity contribution in [1.29, 1.82) is 0 Å². The second-order valence-corrected chi connectivity index (χ2v) is 4.02. The van der Waals surface area contributed by atoms with E-state index in [1.165, 1.54) is 0 Å². The molecule has 0 aliphatic rings. The second-order valence-electron chi connectivity index (χ2n) is 4.02. The van der Waals surface area contributed by atoms with Crippen molar-refractivity contribution in [2.75, 3.05) is 13.7 Å². The van der Waals surface area contributed by atoms with E-state index in [4.69, 9.17) is 9.52 Å². The first-order valence-electron chi connectivity index (χ1n) is 5.36. The van der Waals surface area contributed by atoms with Gasteiger partial charge < -0.3 is 9.52 Å². The molecule has 0 saturated heterocycles. The number of oxazole rings is 1. The minimum atomic E-state index is 0.106. The maximum absolute atomic E-state index is 9.03. The minimum Gasteiger partial charge on any atom is -0.439 e. The lowest BCUT2D eigenvalue weighted by Crippen LogP contribution is -2.31. The van der Waals surface area contributed by atoms with Crippen molar-refractivity contribution in [2.24, 2.45) is 0 Å². The van der Waals surface area contributed by atoms with E-state index in [-0.39, 0.29) is 12.6 Å². The van der Waals surface area contributed by atoms with Gasteiger partial charge in [0.2, 0.25) is 5.89 Å². The first-order chi connectivity index (χ1) is 7.70. The highest BCUT2D eigenvalue weighted by Crippen LogP contribution is 2.16. The fraction of sp³-hybridized carbons (Fsp3) is 0.417. The van der Waals surface area contributed by atoms with E-state index in [2.05, 4.69) is 4.98 Å². The molecule has 1 aromatic carbocycles. The SMILES string of the molecule is CC(CO)N(C)Cc1nc2ccccc2o1. The molecule has 0 saturated carbocycles. The molecule has 1 heterocycles. The Bertz CT molecular complexity index is 434. The molecule has 1 unspecified atom stereocenters. The number of hydrogen-bond acceptors (Lipinski definition) is 4. The molecule has 0 spiro atoms. The molecule has 0 bridgehead atoms. The van der Waals surface area contributed by atoms with E-state index in [0.29, 0.717) is 12.4 Å². The molecule has 0 amide bonds. The zero-order chi connectivity index (χ0) is 11.5. The van der Waals surface area contributed by atoms with E-state index >= 15 is 0 Å². The van der Waals surface area contributed by atoms with E-state index < -0.39 is 0 Å². The summed E-state index contributed by atoms with van der Waals surface area (Å²) in [5.41, 5.74) is 1.69. The van der Waals surface area contributed by atoms with Gasteiger partial charge in [-0.1, -0.05) is 12.1 Å². The summed E-state index contributed by atoms with van der Waals surface area (Å²) in [5.74, 6) is 0.684. The summed E-state index contributed by atoms with van der Waals surface area (Å²) >= 11 is 0. The molecule has 86 valence electrons. The second kappa shape index (κ2) is 4.63. The number of rotatable bonds is 4. The Morgan fingerprint density at radius 3 is 2.88 bits per heavy atom. The van der Waals surface area contributed by atoms with Gasteiger partial charge in [-0.05, 0) is 26.1 Å². The zero-order valence-corrected chi connectivity index (χ0v) is 9.55. The highest BCUT2D eigenvalue weighted by atomic mass is 16.3. The highest BCUT2D eigenvalue weighted by molar-refractivity contribution is 5.72. The van der Waals surface area contributed by atoms with Gasteiger partial charge in [-0.25, -0.2) is 4.98 Å². The van der Waals surface area contributed by atoms with Gasteiger partial charge in [-0.2, -0.15) is 0 Å². The van der Waals surface area contributed by atoms with Crippen molar-refractivity contribution in [1.82, 2.24) is 9.88 Å². The summed E-state index contributed by atoms with van der Waals surface area (Å²) in [6.45, 7) is 2.70. The van der Waals surface area contributed by atoms with Crippen LogP contribution in [-0.2, 0) is 6.54 Å². The standard InChI is InChI=1S/C12H16N2O2/c1-9(8-15)14(2)7-12-13-10-5-3-4-6-11(10)16-12/h3-6,9,15H,7-8H2,1-2H3. The fourth-order valence-corrected chi connectivity index (χ4v) is 1.50. The average molecular weight is 220 g/mol. The van der Waals surface area contributed by atoms with Crippen LogP contribution >= 0.6 is 0 Å². The summed E-state index contributed by atoms with van der Waals surface area (Å²) in [6.07, 6.45) is 0. The first kappa shape index (κ1) is 11.1. The Balaban J connectivity index is 2.15. The van der Waals surface area contributed by atoms with Crippen LogP contribution in [0, 0.1) is 0 Å². The molecule has 0 radical (unpaired) electrons. The Hall–Kier alpha value is -1.39. The normalized spacial score (nSPS) is 13.5. The van der Waals surface area contributed by atoms with Crippen molar-refractivity contribution in [3.8, 4) is 0 Å². The maximum atomic E-state index is 9.03. The van der Waals surface area contributed by atoms with Gasteiger partial charge >= 0.3 is 0 Å². The Kier molecular flexibility index (Phi) is 3.22. The predicted molar refractivity (Wildman–Crippen MR) is 62.0 cm³/mol. The lowest BCUT2D eigenvalue weighted by Gasteiger charge is -2.20. The molecular weight excluding hydrogens is 204 g/mol. The molecule has 2 rings (SSSR count). The Morgan fingerprint density at radius 1 is 1.44 bits per heavy atom. The van der Waals surface area contributed by atoms with Crippen LogP contribution < -0.4 is 0 Å². The average Bonchev–Trinajstić information content (AvgIpc) is 2.69. The molecule has 4 heteroatoms. The van der Waals surface area contributed by atoms with E-state index in [0.717, 1.165) is 11.1 Å². The van der Waals surface area contributed by atoms with E-state index in [1.54, 1.807) is 0 Å². The summed E-state index contributed by atoms with van der Waals surface area (Å²) in [7, 11) is 1.94. The molecule has 1 N–H and O–H groups in total. The van der Waals surface area contributed by atoms with Crippen molar-refractivity contribution in [3.05, 3.63) is 30.2 Å². The van der Waals surface area contributed by atoms with Gasteiger partial charge in [-0.15, -0.1) is 0 Å². The molecular formula is C12H16N2O2. The van der Waals surface area contributed by atoms with Crippen LogP contribution in [0.5, 0.6) is 0 Å². The topological polar surface area (TPSA) is 49.5 Å². The number of para-hydroxylation sites is 2. The number of hydrogen-bond donors (Lipinski definition) is 1. The maximum Gasteiger partial charge on any atom is 0.209 e. The first-order valence-corrected chi connectivity index (χ1v) is 5.36. The van der Waals surface area contributed by atoms with Gasteiger partial charge in [0.25, 0.3) is 0 Å². The summed E-state index contributed by atoms with van der Waals surface area (Å²) in [5, 5.41) is 9.03. The largest absolute Gasteiger partial charge is 0.439 e. The predicted octanol–water partition coefficient (Wildman–Crippen LogP) is 1.64. The van der Waals surface area contributed by atoms with Crippen molar-refractivity contribution < 1.29 is 9.52 Å². The van der Waals surface area contributed by atoms with Crippen LogP contribution in [0.25, 0.3) is 11.1 Å². The molecule has 0 aliphatic carbocycles. The lowest BCUT2D eigenvalue weighted by atomic mass is 10.3. The lowest BCUT2D eigenvalue weighted by molar-refractivity contribution is 0.145. The molecule has 1 atom stereocenters. The van der Waals surface area contributed by atoms with Crippen molar-refractivity contribution in [3.63, 3.8) is 0 Å². The van der Waals surface area contributed by atoms with Crippen molar-refractivity contribution in [2.45, 2.75) is 19.5 Å². The van der Waals surface area contributed by atoms with Crippen LogP contribution in [0.4, 0.5) is 0 Å². The zero-order valence-electron chi connectivity index (χ0n) is 9.55. The highest BCUT2D eigenvalue weighted by Gasteiger charge is 2.12.